The van der Waals surface area contributed by atoms with Crippen LogP contribution in [0.25, 0.3) is 33.3 Å². The number of allylic oxidation sites excluding steroid dienone is 2. The number of phenolic OH excluding ortho intramolecular Hbond substituents is 1. The average Bonchev–Trinajstić information content (AvgIpc) is 3.21. The molecule has 1 amide bonds. The molecule has 0 unspecified atom stereocenters. The van der Waals surface area contributed by atoms with Crippen LogP contribution >= 0.6 is 0 Å². The van der Waals surface area contributed by atoms with E-state index in [0.717, 1.165) is 16.7 Å². The monoisotopic (exact) mass is 842 g/mol. The SMILES string of the molecule is CCc1c(C(C)C)c(C)cc2nc3c4c(C(C)=O)c5c(C)c(O)c4c(=O)c(c-3oc12)NC(=O)/C(C)=C\C=C\[C@H](C)[C@H](O)[C@@H](C)[C@@H](O)[C@@H](C)[C@H](O)[C@H](C)[C@@H](OC)/C=C/O[C@@H](C)O5. The van der Waals surface area contributed by atoms with E-state index in [2.05, 4.69) is 19.2 Å². The molecule has 2 aromatic carbocycles. The molecule has 2 aromatic rings. The number of anilines is 1. The molecule has 330 valence electrons. The van der Waals surface area contributed by atoms with Crippen LogP contribution < -0.4 is 15.5 Å². The highest BCUT2D eigenvalue weighted by atomic mass is 16.7. The summed E-state index contributed by atoms with van der Waals surface area (Å²) in [6.07, 6.45) is 3.46. The van der Waals surface area contributed by atoms with E-state index in [0.29, 0.717) is 17.5 Å². The van der Waals surface area contributed by atoms with Crippen molar-refractivity contribution < 1.29 is 48.6 Å². The van der Waals surface area contributed by atoms with E-state index in [9.17, 15) is 34.8 Å². The summed E-state index contributed by atoms with van der Waals surface area (Å²) in [4.78, 5) is 47.6. The van der Waals surface area contributed by atoms with E-state index in [4.69, 9.17) is 23.6 Å². The van der Waals surface area contributed by atoms with Crippen LogP contribution in [0.3, 0.4) is 0 Å². The summed E-state index contributed by atoms with van der Waals surface area (Å²) in [6.45, 7) is 21.1. The number of ketones is 1. The molecular weight excluding hydrogens is 781 g/mol. The van der Waals surface area contributed by atoms with E-state index in [1.165, 1.54) is 33.3 Å². The van der Waals surface area contributed by atoms with Crippen molar-refractivity contribution >= 4 is 39.2 Å². The molecule has 0 saturated heterocycles. The fourth-order valence-electron chi connectivity index (χ4n) is 8.71. The number of benzene rings is 3. The number of methoxy groups -OCH3 is 1. The maximum atomic E-state index is 14.8. The minimum atomic E-state index is -1.09. The summed E-state index contributed by atoms with van der Waals surface area (Å²) >= 11 is 0. The highest BCUT2D eigenvalue weighted by Crippen LogP contribution is 2.47. The molecule has 13 heteroatoms. The van der Waals surface area contributed by atoms with Gasteiger partial charge in [-0.1, -0.05) is 66.7 Å². The zero-order valence-electron chi connectivity index (χ0n) is 37.5. The molecule has 0 aromatic heterocycles. The lowest BCUT2D eigenvalue weighted by atomic mass is 9.78. The summed E-state index contributed by atoms with van der Waals surface area (Å²) < 4.78 is 24.5. The molecule has 3 heterocycles. The molecule has 5 N–H and O–H groups in total. The van der Waals surface area contributed by atoms with E-state index >= 15 is 0 Å². The van der Waals surface area contributed by atoms with Crippen LogP contribution in [0, 0.1) is 37.5 Å². The van der Waals surface area contributed by atoms with Crippen LogP contribution in [0.1, 0.15) is 108 Å². The number of fused-ring (bicyclic) bond motifs is 17. The van der Waals surface area contributed by atoms with Gasteiger partial charge in [-0.2, -0.15) is 0 Å². The second-order valence-corrected chi connectivity index (χ2v) is 17.0. The number of nitrogens with one attached hydrogen (secondary N) is 1. The number of hydrogen-bond acceptors (Lipinski definition) is 12. The van der Waals surface area contributed by atoms with Gasteiger partial charge in [0.2, 0.25) is 11.7 Å². The first-order valence-corrected chi connectivity index (χ1v) is 21.0. The van der Waals surface area contributed by atoms with Gasteiger partial charge in [0.1, 0.15) is 28.4 Å². The number of hydrogen-bond donors (Lipinski definition) is 5. The van der Waals surface area contributed by atoms with Gasteiger partial charge in [-0.3, -0.25) is 14.4 Å². The molecule has 0 radical (unpaired) electrons. The summed E-state index contributed by atoms with van der Waals surface area (Å²) in [5, 5.41) is 48.3. The number of aromatic hydroxyl groups is 1. The number of aliphatic hydroxyl groups excluding tert-OH is 3. The first kappa shape index (κ1) is 47.0. The second-order valence-electron chi connectivity index (χ2n) is 17.0. The lowest BCUT2D eigenvalue weighted by molar-refractivity contribution is -0.112. The number of carbonyl (C=O) groups excluding carboxylic acids is 2. The Bertz CT molecular complexity index is 2430. The van der Waals surface area contributed by atoms with Gasteiger partial charge in [0.25, 0.3) is 5.91 Å². The standard InChI is InChI=1S/C48H62N2O11/c1-14-31-34(21(2)3)24(6)20-32-46(31)61-47-38(49-32)36-35(29(11)51)45-28(10)43(55)37(36)44(56)39(47)50-48(57)23(5)17-15-16-22(4)40(52)26(8)42(54)27(9)41(53)25(7)33(58-13)18-19-59-30(12)60-45/h15-22,25-27,30,33,40-42,52-55H,14H2,1-13H3,(H,50,57)/b16-15+,19-18+,23-17-/t22-,25+,26+,27-,30+,33-,40-,41+,42+/m0/s1. The molecule has 61 heavy (non-hydrogen) atoms. The molecule has 6 rings (SSSR count). The van der Waals surface area contributed by atoms with E-state index < -0.39 is 77.2 Å². The van der Waals surface area contributed by atoms with E-state index in [1.807, 2.05) is 19.9 Å². The van der Waals surface area contributed by atoms with Crippen LogP contribution in [0.15, 0.2) is 51.4 Å². The molecule has 4 bridgehead atoms. The number of phenols is 1. The highest BCUT2D eigenvalue weighted by Gasteiger charge is 2.37. The number of Topliss-reactive ketones (excluding diaryl/α,β-unsaturated/α-hetero) is 1. The third-order valence-electron chi connectivity index (χ3n) is 12.3. The molecule has 0 saturated carbocycles. The lowest BCUT2D eigenvalue weighted by Gasteiger charge is -2.36. The average molecular weight is 843 g/mol. The minimum Gasteiger partial charge on any atom is -0.507 e. The fraction of sp³-hybridized carbons (Fsp3) is 0.500. The number of nitrogens with zero attached hydrogens (tertiary/aromatic N) is 1. The Morgan fingerprint density at radius 1 is 0.951 bits per heavy atom. The fourth-order valence-corrected chi connectivity index (χ4v) is 8.71. The molecular formula is C48H62N2O11. The molecule has 0 fully saturated rings. The van der Waals surface area contributed by atoms with Crippen LogP contribution in [0.4, 0.5) is 5.69 Å². The summed E-state index contributed by atoms with van der Waals surface area (Å²) in [5.41, 5.74) is 2.99. The van der Waals surface area contributed by atoms with Crippen molar-refractivity contribution in [3.63, 3.8) is 0 Å². The number of ether oxygens (including phenoxy) is 3. The van der Waals surface area contributed by atoms with Crippen LogP contribution in [0.2, 0.25) is 0 Å². The van der Waals surface area contributed by atoms with Gasteiger partial charge < -0.3 is 44.4 Å². The zero-order chi connectivity index (χ0) is 45.4. The molecule has 3 aliphatic heterocycles. The maximum Gasteiger partial charge on any atom is 0.251 e. The Hall–Kier alpha value is -5.08. The van der Waals surface area contributed by atoms with Gasteiger partial charge in [-0.05, 0) is 63.3 Å². The van der Waals surface area contributed by atoms with Gasteiger partial charge in [0, 0.05) is 59.8 Å². The molecule has 1 aliphatic carbocycles. The summed E-state index contributed by atoms with van der Waals surface area (Å²) in [5.74, 6) is -3.97. The minimum absolute atomic E-state index is 0.0123. The Morgan fingerprint density at radius 2 is 1.59 bits per heavy atom. The zero-order valence-corrected chi connectivity index (χ0v) is 37.5. The van der Waals surface area contributed by atoms with Crippen molar-refractivity contribution in [3.8, 4) is 23.0 Å². The van der Waals surface area contributed by atoms with Crippen molar-refractivity contribution in [3.05, 3.63) is 80.2 Å². The summed E-state index contributed by atoms with van der Waals surface area (Å²) in [6, 6.07) is 1.89. The van der Waals surface area contributed by atoms with Crippen molar-refractivity contribution in [2.24, 2.45) is 23.7 Å². The predicted molar refractivity (Wildman–Crippen MR) is 236 cm³/mol. The summed E-state index contributed by atoms with van der Waals surface area (Å²) in [7, 11) is 1.48. The number of amides is 1. The van der Waals surface area contributed by atoms with Gasteiger partial charge in [-0.15, -0.1) is 0 Å². The quantitative estimate of drug-likeness (QED) is 0.0755. The predicted octanol–water partition coefficient (Wildman–Crippen LogP) is 8.01. The maximum absolute atomic E-state index is 14.8. The number of aromatic nitrogens is 1. The smallest absolute Gasteiger partial charge is 0.251 e. The third kappa shape index (κ3) is 8.97. The second kappa shape index (κ2) is 18.9. The Morgan fingerprint density at radius 3 is 2.20 bits per heavy atom. The Kier molecular flexibility index (Phi) is 14.6. The Balaban J connectivity index is 1.84. The lowest BCUT2D eigenvalue weighted by Crippen LogP contribution is -2.44. The van der Waals surface area contributed by atoms with Crippen LogP contribution in [-0.4, -0.2) is 74.9 Å². The Labute approximate surface area is 357 Å². The number of aryl methyl sites for hydroxylation is 2. The first-order valence-electron chi connectivity index (χ1n) is 21.0. The van der Waals surface area contributed by atoms with E-state index in [-0.39, 0.29) is 56.3 Å². The van der Waals surface area contributed by atoms with Gasteiger partial charge in [-0.25, -0.2) is 4.98 Å². The van der Waals surface area contributed by atoms with Gasteiger partial charge in [0.05, 0.1) is 41.6 Å². The van der Waals surface area contributed by atoms with E-state index in [1.54, 1.807) is 59.8 Å². The molecule has 13 nitrogen and oxygen atoms in total. The largest absolute Gasteiger partial charge is 0.507 e. The topological polar surface area (TPSA) is 198 Å². The van der Waals surface area contributed by atoms with Gasteiger partial charge in [0.15, 0.2) is 17.1 Å². The van der Waals surface area contributed by atoms with Crippen molar-refractivity contribution in [1.29, 1.82) is 0 Å². The van der Waals surface area contributed by atoms with Crippen molar-refractivity contribution in [2.75, 3.05) is 12.4 Å². The molecule has 0 spiro atoms. The number of carbonyl (C=O) groups is 2. The van der Waals surface area contributed by atoms with Gasteiger partial charge >= 0.3 is 0 Å². The molecule has 4 aliphatic rings. The highest BCUT2D eigenvalue weighted by molar-refractivity contribution is 6.19. The number of aliphatic hydroxyl groups is 3. The number of rotatable bonds is 4. The van der Waals surface area contributed by atoms with Crippen LogP contribution in [0.5, 0.6) is 11.5 Å². The third-order valence-corrected chi connectivity index (χ3v) is 12.3. The normalized spacial score (nSPS) is 28.0. The molecule has 9 atom stereocenters. The van der Waals surface area contributed by atoms with Crippen molar-refractivity contribution in [1.82, 2.24) is 4.98 Å². The first-order chi connectivity index (χ1) is 28.7. The van der Waals surface area contributed by atoms with Crippen molar-refractivity contribution in [2.45, 2.75) is 126 Å². The van der Waals surface area contributed by atoms with Crippen LogP contribution in [-0.2, 0) is 20.7 Å².